The van der Waals surface area contributed by atoms with E-state index in [4.69, 9.17) is 15.2 Å². The molecular weight excluding hydrogens is 568 g/mol. The van der Waals surface area contributed by atoms with Crippen LogP contribution in [0.25, 0.3) is 0 Å². The fourth-order valence-electron chi connectivity index (χ4n) is 3.87. The molecule has 0 bridgehead atoms. The van der Waals surface area contributed by atoms with Crippen molar-refractivity contribution in [2.45, 2.75) is 16.7 Å². The molecule has 0 heterocycles. The van der Waals surface area contributed by atoms with Gasteiger partial charge in [-0.15, -0.1) is 0 Å². The first kappa shape index (κ1) is 28.9. The Bertz CT molecular complexity index is 1700. The molecule has 0 aliphatic rings. The molecule has 8 heteroatoms. The average Bonchev–Trinajstić information content (AvgIpc) is 3.00. The third-order valence-electron chi connectivity index (χ3n) is 5.93. The van der Waals surface area contributed by atoms with Crippen LogP contribution in [-0.4, -0.2) is 5.78 Å². The van der Waals surface area contributed by atoms with Gasteiger partial charge in [0.05, 0.1) is 5.69 Å². The summed E-state index contributed by atoms with van der Waals surface area (Å²) >= 11 is 0. The zero-order chi connectivity index (χ0) is 29.3. The zero-order valence-electron chi connectivity index (χ0n) is 22.6. The highest BCUT2D eigenvalue weighted by Crippen LogP contribution is 2.46. The Balaban J connectivity index is 1.37. The van der Waals surface area contributed by atoms with E-state index in [9.17, 15) is 9.18 Å². The molecule has 0 saturated heterocycles. The van der Waals surface area contributed by atoms with E-state index in [1.54, 1.807) is 6.92 Å². The summed E-state index contributed by atoms with van der Waals surface area (Å²) in [5.41, 5.74) is 8.76. The Morgan fingerprint density at radius 1 is 0.714 bits per heavy atom. The maximum absolute atomic E-state index is 13.3. The first-order chi connectivity index (χ1) is 20.4. The summed E-state index contributed by atoms with van der Waals surface area (Å²) in [5.74, 6) is 2.18. The topological polar surface area (TPSA) is 73.6 Å². The number of para-hydroxylation sites is 2. The highest BCUT2D eigenvalue weighted by molar-refractivity contribution is 8.76. The molecule has 0 saturated carbocycles. The SMILES string of the molecule is C/C(=C\C(=O)c1ccc(F)cc1)Nc1ccc(Oc2ccccc2)cc1SSc1cc(Oc2ccccc2)ccc1N. The van der Waals surface area contributed by atoms with Crippen LogP contribution in [0.15, 0.2) is 143 Å². The van der Waals surface area contributed by atoms with Crippen LogP contribution in [0.2, 0.25) is 0 Å². The molecule has 210 valence electrons. The van der Waals surface area contributed by atoms with Crippen molar-refractivity contribution in [2.24, 2.45) is 0 Å². The van der Waals surface area contributed by atoms with Crippen molar-refractivity contribution < 1.29 is 18.7 Å². The quantitative estimate of drug-likeness (QED) is 0.0682. The Morgan fingerprint density at radius 2 is 1.26 bits per heavy atom. The van der Waals surface area contributed by atoms with E-state index in [1.807, 2.05) is 97.1 Å². The molecule has 0 aliphatic carbocycles. The fourth-order valence-corrected chi connectivity index (χ4v) is 6.14. The smallest absolute Gasteiger partial charge is 0.187 e. The highest BCUT2D eigenvalue weighted by atomic mass is 33.1. The Labute approximate surface area is 252 Å². The molecule has 0 aromatic heterocycles. The van der Waals surface area contributed by atoms with E-state index in [2.05, 4.69) is 5.32 Å². The molecule has 0 fully saturated rings. The number of halogens is 1. The minimum Gasteiger partial charge on any atom is -0.457 e. The van der Waals surface area contributed by atoms with Gasteiger partial charge in [0, 0.05) is 32.8 Å². The number of nitrogens with one attached hydrogen (secondary N) is 1. The van der Waals surface area contributed by atoms with Crippen molar-refractivity contribution in [3.05, 3.63) is 144 Å². The van der Waals surface area contributed by atoms with E-state index < -0.39 is 0 Å². The van der Waals surface area contributed by atoms with Gasteiger partial charge < -0.3 is 20.5 Å². The van der Waals surface area contributed by atoms with Gasteiger partial charge in [0.15, 0.2) is 5.78 Å². The number of nitrogens with two attached hydrogens (primary N) is 1. The normalized spacial score (nSPS) is 11.1. The van der Waals surface area contributed by atoms with Crippen LogP contribution in [0.3, 0.4) is 0 Å². The molecule has 0 unspecified atom stereocenters. The lowest BCUT2D eigenvalue weighted by molar-refractivity contribution is 0.104. The number of rotatable bonds is 11. The van der Waals surface area contributed by atoms with Gasteiger partial charge in [0.2, 0.25) is 0 Å². The number of nitrogen functional groups attached to an aromatic ring is 1. The molecule has 5 aromatic rings. The molecule has 0 radical (unpaired) electrons. The Hall–Kier alpha value is -4.66. The van der Waals surface area contributed by atoms with Crippen LogP contribution in [0.5, 0.6) is 23.0 Å². The second-order valence-electron chi connectivity index (χ2n) is 9.18. The first-order valence-electron chi connectivity index (χ1n) is 13.0. The van der Waals surface area contributed by atoms with E-state index in [0.717, 1.165) is 27.0 Å². The van der Waals surface area contributed by atoms with E-state index in [-0.39, 0.29) is 11.6 Å². The van der Waals surface area contributed by atoms with Crippen LogP contribution in [0, 0.1) is 5.82 Å². The molecule has 0 spiro atoms. The number of ketones is 1. The number of carbonyl (C=O) groups excluding carboxylic acids is 1. The van der Waals surface area contributed by atoms with Crippen molar-refractivity contribution in [1.29, 1.82) is 0 Å². The number of carbonyl (C=O) groups is 1. The Morgan fingerprint density at radius 3 is 1.88 bits per heavy atom. The standard InChI is InChI=1S/C34H27FN2O3S2/c1-23(20-32(38)24-12-14-25(35)15-13-24)37-31-19-17-29(40-27-10-6-3-7-11-27)22-34(31)42-41-33-21-28(16-18-30(33)36)39-26-8-4-2-5-9-26/h2-22,37H,36H2,1H3/b23-20+. The molecule has 5 nitrogen and oxygen atoms in total. The molecule has 5 aromatic carbocycles. The van der Waals surface area contributed by atoms with Crippen molar-refractivity contribution in [1.82, 2.24) is 0 Å². The number of benzene rings is 5. The van der Waals surface area contributed by atoms with Crippen molar-refractivity contribution in [3.63, 3.8) is 0 Å². The van der Waals surface area contributed by atoms with Crippen LogP contribution in [0.4, 0.5) is 15.8 Å². The van der Waals surface area contributed by atoms with Gasteiger partial charge in [-0.3, -0.25) is 4.79 Å². The number of hydrogen-bond acceptors (Lipinski definition) is 7. The maximum atomic E-state index is 13.3. The number of ether oxygens (including phenoxy) is 2. The molecule has 0 amide bonds. The minimum absolute atomic E-state index is 0.226. The van der Waals surface area contributed by atoms with Gasteiger partial charge in [-0.25, -0.2) is 4.39 Å². The van der Waals surface area contributed by atoms with Crippen LogP contribution >= 0.6 is 21.6 Å². The third-order valence-corrected chi connectivity index (χ3v) is 8.39. The number of anilines is 2. The average molecular weight is 595 g/mol. The van der Waals surface area contributed by atoms with Crippen molar-refractivity contribution in [2.75, 3.05) is 11.1 Å². The highest BCUT2D eigenvalue weighted by Gasteiger charge is 2.12. The first-order valence-corrected chi connectivity index (χ1v) is 15.2. The van der Waals surface area contributed by atoms with Crippen molar-refractivity contribution >= 4 is 38.7 Å². The van der Waals surface area contributed by atoms with Crippen LogP contribution in [-0.2, 0) is 0 Å². The lowest BCUT2D eigenvalue weighted by Gasteiger charge is -2.15. The molecular formula is C34H27FN2O3S2. The molecule has 0 aliphatic heterocycles. The van der Waals surface area contributed by atoms with E-state index in [0.29, 0.717) is 28.4 Å². The largest absolute Gasteiger partial charge is 0.457 e. The van der Waals surface area contributed by atoms with Crippen LogP contribution in [0.1, 0.15) is 17.3 Å². The fraction of sp³-hybridized carbons (Fsp3) is 0.0294. The zero-order valence-corrected chi connectivity index (χ0v) is 24.3. The van der Waals surface area contributed by atoms with Gasteiger partial charge in [0.1, 0.15) is 28.8 Å². The second-order valence-corrected chi connectivity index (χ2v) is 11.4. The molecule has 5 rings (SSSR count). The maximum Gasteiger partial charge on any atom is 0.187 e. The lowest BCUT2D eigenvalue weighted by Crippen LogP contribution is -2.02. The second kappa shape index (κ2) is 13.8. The molecule has 42 heavy (non-hydrogen) atoms. The lowest BCUT2D eigenvalue weighted by atomic mass is 10.1. The summed E-state index contributed by atoms with van der Waals surface area (Å²) < 4.78 is 25.4. The van der Waals surface area contributed by atoms with E-state index in [1.165, 1.54) is 51.9 Å². The van der Waals surface area contributed by atoms with E-state index >= 15 is 0 Å². The van der Waals surface area contributed by atoms with Gasteiger partial charge in [-0.1, -0.05) is 58.0 Å². The molecule has 0 atom stereocenters. The van der Waals surface area contributed by atoms with Gasteiger partial charge in [0.25, 0.3) is 0 Å². The number of hydrogen-bond donors (Lipinski definition) is 2. The summed E-state index contributed by atoms with van der Waals surface area (Å²) in [4.78, 5) is 14.4. The minimum atomic E-state index is -0.389. The summed E-state index contributed by atoms with van der Waals surface area (Å²) in [6.07, 6.45) is 1.49. The Kier molecular flexibility index (Phi) is 9.48. The summed E-state index contributed by atoms with van der Waals surface area (Å²) in [7, 11) is 2.99. The van der Waals surface area contributed by atoms with Gasteiger partial charge >= 0.3 is 0 Å². The van der Waals surface area contributed by atoms with Gasteiger partial charge in [-0.2, -0.15) is 0 Å². The van der Waals surface area contributed by atoms with Crippen LogP contribution < -0.4 is 20.5 Å². The predicted octanol–water partition coefficient (Wildman–Crippen LogP) is 9.99. The molecule has 3 N–H and O–H groups in total. The third kappa shape index (κ3) is 7.96. The van der Waals surface area contributed by atoms with Crippen molar-refractivity contribution in [3.8, 4) is 23.0 Å². The number of allylic oxidation sites excluding steroid dienone is 2. The van der Waals surface area contributed by atoms with Gasteiger partial charge in [-0.05, 0) is 91.9 Å². The summed E-state index contributed by atoms with van der Waals surface area (Å²) in [6, 6.07) is 35.8. The monoisotopic (exact) mass is 594 g/mol. The summed E-state index contributed by atoms with van der Waals surface area (Å²) in [6.45, 7) is 1.81. The predicted molar refractivity (Wildman–Crippen MR) is 170 cm³/mol. The summed E-state index contributed by atoms with van der Waals surface area (Å²) in [5, 5.41) is 3.33.